The third-order valence-corrected chi connectivity index (χ3v) is 4.45. The molecule has 0 fully saturated rings. The summed E-state index contributed by atoms with van der Waals surface area (Å²) in [5.41, 5.74) is 6.50. The predicted octanol–water partition coefficient (Wildman–Crippen LogP) is 1.76. The van der Waals surface area contributed by atoms with E-state index in [1.54, 1.807) is 13.0 Å². The number of ether oxygens (including phenoxy) is 1. The van der Waals surface area contributed by atoms with Gasteiger partial charge in [0.05, 0.1) is 19.0 Å². The molecule has 0 atom stereocenters. The Morgan fingerprint density at radius 1 is 1.45 bits per heavy atom. The highest BCUT2D eigenvalue weighted by molar-refractivity contribution is 7.92. The van der Waals surface area contributed by atoms with Crippen LogP contribution in [0.2, 0.25) is 5.02 Å². The maximum Gasteiger partial charge on any atom is 0.267 e. The molecule has 0 saturated heterocycles. The first-order valence-corrected chi connectivity index (χ1v) is 7.37. The van der Waals surface area contributed by atoms with Crippen LogP contribution in [0.5, 0.6) is 5.75 Å². The number of sulfonamides is 1. The zero-order chi connectivity index (χ0) is 14.9. The number of aromatic amines is 1. The highest BCUT2D eigenvalue weighted by atomic mass is 35.5. The average molecular weight is 317 g/mol. The number of hydrogen-bond donors (Lipinski definition) is 3. The first-order valence-electron chi connectivity index (χ1n) is 5.51. The number of nitrogens with two attached hydrogens (primary N) is 1. The Morgan fingerprint density at radius 3 is 2.70 bits per heavy atom. The van der Waals surface area contributed by atoms with E-state index in [1.165, 1.54) is 13.2 Å². The van der Waals surface area contributed by atoms with Gasteiger partial charge in [-0.25, -0.2) is 8.42 Å². The third-order valence-electron chi connectivity index (χ3n) is 2.65. The van der Waals surface area contributed by atoms with Gasteiger partial charge in [-0.2, -0.15) is 5.10 Å². The molecule has 9 heteroatoms. The van der Waals surface area contributed by atoms with E-state index >= 15 is 0 Å². The Balaban J connectivity index is 2.44. The van der Waals surface area contributed by atoms with Crippen molar-refractivity contribution >= 4 is 33.1 Å². The van der Waals surface area contributed by atoms with Gasteiger partial charge in [0, 0.05) is 11.1 Å². The van der Waals surface area contributed by atoms with Gasteiger partial charge in [0.15, 0.2) is 0 Å². The number of hydrogen-bond acceptors (Lipinski definition) is 5. The number of nitrogens with one attached hydrogen (secondary N) is 2. The smallest absolute Gasteiger partial charge is 0.267 e. The molecular weight excluding hydrogens is 304 g/mol. The van der Waals surface area contributed by atoms with Gasteiger partial charge in [0.2, 0.25) is 0 Å². The third kappa shape index (κ3) is 2.66. The average Bonchev–Trinajstić information content (AvgIpc) is 2.80. The van der Waals surface area contributed by atoms with E-state index in [0.717, 1.165) is 6.20 Å². The van der Waals surface area contributed by atoms with Crippen molar-refractivity contribution in [3.63, 3.8) is 0 Å². The molecule has 0 spiro atoms. The summed E-state index contributed by atoms with van der Waals surface area (Å²) in [6.07, 6.45) is 1.13. The Hall–Kier alpha value is -1.93. The quantitative estimate of drug-likeness (QED) is 0.796. The van der Waals surface area contributed by atoms with Gasteiger partial charge >= 0.3 is 0 Å². The number of methoxy groups -OCH3 is 1. The molecule has 0 radical (unpaired) electrons. The van der Waals surface area contributed by atoms with Crippen LogP contribution in [0, 0.1) is 6.92 Å². The second-order valence-electron chi connectivity index (χ2n) is 4.06. The first kappa shape index (κ1) is 14.5. The molecule has 1 aromatic heterocycles. The summed E-state index contributed by atoms with van der Waals surface area (Å²) in [5.74, 6) is 0.272. The lowest BCUT2D eigenvalue weighted by Gasteiger charge is -2.13. The molecule has 0 amide bonds. The number of aryl methyl sites for hydroxylation is 1. The molecule has 1 heterocycles. The van der Waals surface area contributed by atoms with E-state index < -0.39 is 10.0 Å². The largest absolute Gasteiger partial charge is 0.495 e. The fourth-order valence-corrected chi connectivity index (χ4v) is 2.85. The van der Waals surface area contributed by atoms with Gasteiger partial charge in [-0.1, -0.05) is 11.6 Å². The molecule has 20 heavy (non-hydrogen) atoms. The molecule has 0 unspecified atom stereocenters. The fraction of sp³-hybridized carbons (Fsp3) is 0.182. The molecule has 0 aliphatic heterocycles. The summed E-state index contributed by atoms with van der Waals surface area (Å²) < 4.78 is 31.9. The maximum absolute atomic E-state index is 12.2. The second kappa shape index (κ2) is 5.22. The number of halogens is 1. The van der Waals surface area contributed by atoms with Crippen LogP contribution in [-0.4, -0.2) is 25.7 Å². The Morgan fingerprint density at radius 2 is 2.15 bits per heavy atom. The van der Waals surface area contributed by atoms with Crippen molar-refractivity contribution in [1.29, 1.82) is 0 Å². The van der Waals surface area contributed by atoms with E-state index in [-0.39, 0.29) is 16.4 Å². The zero-order valence-electron chi connectivity index (χ0n) is 10.8. The van der Waals surface area contributed by atoms with Crippen molar-refractivity contribution in [1.82, 2.24) is 10.2 Å². The van der Waals surface area contributed by atoms with E-state index in [9.17, 15) is 8.42 Å². The van der Waals surface area contributed by atoms with Crippen molar-refractivity contribution in [3.8, 4) is 5.75 Å². The molecule has 0 aliphatic rings. The lowest BCUT2D eigenvalue weighted by Crippen LogP contribution is -2.14. The van der Waals surface area contributed by atoms with Crippen molar-refractivity contribution in [2.24, 2.45) is 0 Å². The van der Waals surface area contributed by atoms with Gasteiger partial charge in [-0.15, -0.1) is 0 Å². The highest BCUT2D eigenvalue weighted by Gasteiger charge is 2.21. The lowest BCUT2D eigenvalue weighted by molar-refractivity contribution is 0.417. The SMILES string of the molecule is COc1cc(Cl)c(C)cc1NS(=O)(=O)c1cn[nH]c1N. The monoisotopic (exact) mass is 316 g/mol. The number of benzene rings is 1. The molecule has 7 nitrogen and oxygen atoms in total. The summed E-state index contributed by atoms with van der Waals surface area (Å²) in [6.45, 7) is 1.76. The fourth-order valence-electron chi connectivity index (χ4n) is 1.61. The number of nitrogen functional groups attached to an aromatic ring is 1. The van der Waals surface area contributed by atoms with Crippen molar-refractivity contribution in [2.75, 3.05) is 17.6 Å². The van der Waals surface area contributed by atoms with Crippen molar-refractivity contribution in [3.05, 3.63) is 28.9 Å². The molecule has 2 rings (SSSR count). The van der Waals surface area contributed by atoms with Gasteiger partial charge in [0.1, 0.15) is 16.5 Å². The molecular formula is C11H13ClN4O3S. The van der Waals surface area contributed by atoms with E-state index in [4.69, 9.17) is 22.1 Å². The minimum Gasteiger partial charge on any atom is -0.495 e. The zero-order valence-corrected chi connectivity index (χ0v) is 12.3. The molecule has 0 bridgehead atoms. The summed E-state index contributed by atoms with van der Waals surface area (Å²) in [5, 5.41) is 6.43. The molecule has 4 N–H and O–H groups in total. The number of anilines is 2. The summed E-state index contributed by atoms with van der Waals surface area (Å²) in [4.78, 5) is -0.132. The first-order chi connectivity index (χ1) is 9.35. The number of aromatic nitrogens is 2. The summed E-state index contributed by atoms with van der Waals surface area (Å²) in [6, 6.07) is 3.11. The van der Waals surface area contributed by atoms with Gasteiger partial charge < -0.3 is 10.5 Å². The minimum absolute atomic E-state index is 0.0397. The maximum atomic E-state index is 12.2. The number of nitrogens with zero attached hydrogens (tertiary/aromatic N) is 1. The van der Waals surface area contributed by atoms with E-state index in [1.807, 2.05) is 0 Å². The van der Waals surface area contributed by atoms with Crippen LogP contribution in [0.15, 0.2) is 23.2 Å². The number of rotatable bonds is 4. The van der Waals surface area contributed by atoms with Crippen LogP contribution in [0.25, 0.3) is 0 Å². The Bertz CT molecular complexity index is 742. The molecule has 0 saturated carbocycles. The molecule has 2 aromatic rings. The van der Waals surface area contributed by atoms with Crippen LogP contribution in [-0.2, 0) is 10.0 Å². The van der Waals surface area contributed by atoms with Crippen molar-refractivity contribution < 1.29 is 13.2 Å². The van der Waals surface area contributed by atoms with Crippen LogP contribution in [0.1, 0.15) is 5.56 Å². The molecule has 1 aromatic carbocycles. The summed E-state index contributed by atoms with van der Waals surface area (Å²) >= 11 is 5.97. The second-order valence-corrected chi connectivity index (χ2v) is 6.11. The molecule has 0 aliphatic carbocycles. The van der Waals surface area contributed by atoms with Gasteiger partial charge in [0.25, 0.3) is 10.0 Å². The Labute approximate surface area is 121 Å². The predicted molar refractivity (Wildman–Crippen MR) is 76.5 cm³/mol. The number of H-pyrrole nitrogens is 1. The Kier molecular flexibility index (Phi) is 3.78. The summed E-state index contributed by atoms with van der Waals surface area (Å²) in [7, 11) is -2.43. The highest BCUT2D eigenvalue weighted by Crippen LogP contribution is 2.32. The standard InChI is InChI=1S/C11H13ClN4O3S/c1-6-3-8(9(19-2)4-7(6)12)16-20(17,18)10-5-14-15-11(10)13/h3-5,16H,1-2H3,(H3,13,14,15). The normalized spacial score (nSPS) is 11.3. The van der Waals surface area contributed by atoms with E-state index in [2.05, 4.69) is 14.9 Å². The minimum atomic E-state index is -3.85. The van der Waals surface area contributed by atoms with Crippen LogP contribution < -0.4 is 15.2 Å². The lowest BCUT2D eigenvalue weighted by atomic mass is 10.2. The van der Waals surface area contributed by atoms with Crippen molar-refractivity contribution in [2.45, 2.75) is 11.8 Å². The van der Waals surface area contributed by atoms with Crippen LogP contribution in [0.4, 0.5) is 11.5 Å². The van der Waals surface area contributed by atoms with E-state index in [0.29, 0.717) is 16.3 Å². The molecule has 108 valence electrons. The topological polar surface area (TPSA) is 110 Å². The van der Waals surface area contributed by atoms with Gasteiger partial charge in [-0.3, -0.25) is 9.82 Å². The van der Waals surface area contributed by atoms with Gasteiger partial charge in [-0.05, 0) is 18.6 Å². The van der Waals surface area contributed by atoms with Crippen LogP contribution in [0.3, 0.4) is 0 Å². The van der Waals surface area contributed by atoms with Crippen LogP contribution >= 0.6 is 11.6 Å².